The van der Waals surface area contributed by atoms with E-state index in [9.17, 15) is 13.5 Å². The number of hydrogen-bond acceptors (Lipinski definition) is 4. The Morgan fingerprint density at radius 2 is 2.06 bits per heavy atom. The highest BCUT2D eigenvalue weighted by atomic mass is 32.2. The minimum absolute atomic E-state index is 0.0672. The van der Waals surface area contributed by atoms with E-state index in [2.05, 4.69) is 0 Å². The molecule has 1 unspecified atom stereocenters. The lowest BCUT2D eigenvalue weighted by Gasteiger charge is -2.20. The Morgan fingerprint density at radius 3 is 2.56 bits per heavy atom. The van der Waals surface area contributed by atoms with Gasteiger partial charge in [0.2, 0.25) is 10.0 Å². The van der Waals surface area contributed by atoms with Crippen molar-refractivity contribution in [3.8, 4) is 0 Å². The molecule has 0 saturated heterocycles. The van der Waals surface area contributed by atoms with Crippen molar-refractivity contribution in [1.82, 2.24) is 4.31 Å². The predicted octanol–water partition coefficient (Wildman–Crippen LogP) is 0.743. The van der Waals surface area contributed by atoms with Crippen molar-refractivity contribution in [2.24, 2.45) is 0 Å². The van der Waals surface area contributed by atoms with Crippen LogP contribution >= 0.6 is 0 Å². The lowest BCUT2D eigenvalue weighted by atomic mass is 10.1. The fourth-order valence-corrected chi connectivity index (χ4v) is 3.14. The van der Waals surface area contributed by atoms with Gasteiger partial charge in [0, 0.05) is 13.1 Å². The number of sulfonamides is 1. The monoisotopic (exact) mass is 273 g/mol. The van der Waals surface area contributed by atoms with Crippen LogP contribution in [0.2, 0.25) is 0 Å². The molecule has 0 aliphatic carbocycles. The molecule has 6 heteroatoms. The molecule has 0 spiro atoms. The second-order valence-electron chi connectivity index (χ2n) is 3.97. The third-order valence-corrected chi connectivity index (χ3v) is 4.65. The molecule has 0 fully saturated rings. The van der Waals surface area contributed by atoms with Crippen LogP contribution < -0.4 is 0 Å². The van der Waals surface area contributed by atoms with Gasteiger partial charge in [0.15, 0.2) is 0 Å². The second kappa shape index (κ2) is 6.29. The van der Waals surface area contributed by atoms with Crippen molar-refractivity contribution in [2.45, 2.75) is 24.8 Å². The number of aliphatic hydroxyl groups excluding tert-OH is 2. The van der Waals surface area contributed by atoms with Gasteiger partial charge >= 0.3 is 0 Å². The van der Waals surface area contributed by atoms with Crippen LogP contribution in [0.25, 0.3) is 0 Å². The van der Waals surface area contributed by atoms with E-state index in [0.717, 1.165) is 0 Å². The number of aliphatic hydroxyl groups is 2. The van der Waals surface area contributed by atoms with E-state index in [1.807, 2.05) is 0 Å². The molecule has 102 valence electrons. The molecule has 1 rings (SSSR count). The maximum absolute atomic E-state index is 12.3. The molecule has 1 aromatic carbocycles. The predicted molar refractivity (Wildman–Crippen MR) is 68.6 cm³/mol. The Morgan fingerprint density at radius 1 is 1.39 bits per heavy atom. The van der Waals surface area contributed by atoms with Gasteiger partial charge in [0.1, 0.15) is 0 Å². The zero-order valence-electron chi connectivity index (χ0n) is 10.6. The van der Waals surface area contributed by atoms with Gasteiger partial charge in [0.25, 0.3) is 0 Å². The van der Waals surface area contributed by atoms with Crippen molar-refractivity contribution in [3.05, 3.63) is 29.8 Å². The minimum Gasteiger partial charge on any atom is -0.395 e. The highest BCUT2D eigenvalue weighted by molar-refractivity contribution is 7.89. The van der Waals surface area contributed by atoms with Crippen LogP contribution in [0, 0.1) is 0 Å². The summed E-state index contributed by atoms with van der Waals surface area (Å²) in [6, 6.07) is 6.22. The summed E-state index contributed by atoms with van der Waals surface area (Å²) in [6.45, 7) is 3.44. The number of likely N-dealkylation sites (N-methyl/N-ethyl adjacent to an activating group) is 1. The largest absolute Gasteiger partial charge is 0.395 e. The minimum atomic E-state index is -3.61. The van der Waals surface area contributed by atoms with E-state index < -0.39 is 16.1 Å². The van der Waals surface area contributed by atoms with E-state index in [4.69, 9.17) is 5.11 Å². The molecule has 2 N–H and O–H groups in total. The molecule has 0 heterocycles. The first-order chi connectivity index (χ1) is 8.43. The fourth-order valence-electron chi connectivity index (χ4n) is 1.64. The van der Waals surface area contributed by atoms with Gasteiger partial charge in [-0.25, -0.2) is 8.42 Å². The molecule has 0 aliphatic heterocycles. The van der Waals surface area contributed by atoms with Gasteiger partial charge in [-0.1, -0.05) is 19.1 Å². The van der Waals surface area contributed by atoms with E-state index in [0.29, 0.717) is 12.1 Å². The summed E-state index contributed by atoms with van der Waals surface area (Å²) in [4.78, 5) is 0.135. The molecule has 18 heavy (non-hydrogen) atoms. The first-order valence-electron chi connectivity index (χ1n) is 5.82. The zero-order valence-corrected chi connectivity index (χ0v) is 11.4. The topological polar surface area (TPSA) is 77.8 Å². The van der Waals surface area contributed by atoms with E-state index in [-0.39, 0.29) is 18.0 Å². The SMILES string of the molecule is CCN(CCO)S(=O)(=O)c1cccc(C(C)O)c1. The maximum atomic E-state index is 12.3. The zero-order chi connectivity index (χ0) is 13.8. The van der Waals surface area contributed by atoms with Crippen molar-refractivity contribution in [3.63, 3.8) is 0 Å². The Hall–Kier alpha value is -0.950. The number of benzene rings is 1. The van der Waals surface area contributed by atoms with E-state index >= 15 is 0 Å². The third kappa shape index (κ3) is 3.29. The summed E-state index contributed by atoms with van der Waals surface area (Å²) in [5.41, 5.74) is 0.552. The molecule has 0 aromatic heterocycles. The molecule has 1 aromatic rings. The average molecular weight is 273 g/mol. The summed E-state index contributed by atoms with van der Waals surface area (Å²) in [7, 11) is -3.61. The molecule has 1 atom stereocenters. The smallest absolute Gasteiger partial charge is 0.243 e. The number of rotatable bonds is 6. The van der Waals surface area contributed by atoms with Gasteiger partial charge in [-0.2, -0.15) is 4.31 Å². The van der Waals surface area contributed by atoms with Crippen molar-refractivity contribution >= 4 is 10.0 Å². The van der Waals surface area contributed by atoms with Crippen LogP contribution in [0.15, 0.2) is 29.2 Å². The van der Waals surface area contributed by atoms with Crippen LogP contribution in [0.3, 0.4) is 0 Å². The van der Waals surface area contributed by atoms with Gasteiger partial charge in [0.05, 0.1) is 17.6 Å². The average Bonchev–Trinajstić information content (AvgIpc) is 2.35. The van der Waals surface area contributed by atoms with Crippen LogP contribution in [0.1, 0.15) is 25.5 Å². The van der Waals surface area contributed by atoms with Crippen LogP contribution in [0.5, 0.6) is 0 Å². The summed E-state index contributed by atoms with van der Waals surface area (Å²) >= 11 is 0. The molecular formula is C12H19NO4S. The Labute approximate surface area is 108 Å². The summed E-state index contributed by atoms with van der Waals surface area (Å²) in [6.07, 6.45) is -0.715. The third-order valence-electron chi connectivity index (χ3n) is 2.68. The van der Waals surface area contributed by atoms with Crippen LogP contribution in [-0.2, 0) is 10.0 Å². The van der Waals surface area contributed by atoms with E-state index in [1.165, 1.54) is 16.4 Å². The molecule has 0 amide bonds. The standard InChI is InChI=1S/C12H19NO4S/c1-3-13(7-8-14)18(16,17)12-6-4-5-11(9-12)10(2)15/h4-6,9-10,14-15H,3,7-8H2,1-2H3. The van der Waals surface area contributed by atoms with Gasteiger partial charge in [-0.05, 0) is 24.6 Å². The molecule has 0 radical (unpaired) electrons. The second-order valence-corrected chi connectivity index (χ2v) is 5.91. The fraction of sp³-hybridized carbons (Fsp3) is 0.500. The molecule has 0 saturated carbocycles. The summed E-state index contributed by atoms with van der Waals surface area (Å²) in [5, 5.41) is 18.3. The molecule has 0 bridgehead atoms. The Balaban J connectivity index is 3.15. The van der Waals surface area contributed by atoms with Gasteiger partial charge in [-0.3, -0.25) is 0 Å². The van der Waals surface area contributed by atoms with Gasteiger partial charge < -0.3 is 10.2 Å². The molecular weight excluding hydrogens is 254 g/mol. The lowest BCUT2D eigenvalue weighted by molar-refractivity contribution is 0.199. The van der Waals surface area contributed by atoms with Crippen molar-refractivity contribution in [2.75, 3.05) is 19.7 Å². The molecule has 5 nitrogen and oxygen atoms in total. The van der Waals surface area contributed by atoms with Crippen LogP contribution in [-0.4, -0.2) is 42.6 Å². The van der Waals surface area contributed by atoms with Crippen LogP contribution in [0.4, 0.5) is 0 Å². The summed E-state index contributed by atoms with van der Waals surface area (Å²) in [5.74, 6) is 0. The number of nitrogens with zero attached hydrogens (tertiary/aromatic N) is 1. The van der Waals surface area contributed by atoms with Crippen molar-refractivity contribution < 1.29 is 18.6 Å². The normalized spacial score (nSPS) is 13.8. The first kappa shape index (κ1) is 15.1. The highest BCUT2D eigenvalue weighted by Gasteiger charge is 2.22. The number of hydrogen-bond donors (Lipinski definition) is 2. The molecule has 0 aliphatic rings. The first-order valence-corrected chi connectivity index (χ1v) is 7.26. The maximum Gasteiger partial charge on any atom is 0.243 e. The summed E-state index contributed by atoms with van der Waals surface area (Å²) < 4.78 is 25.7. The Bertz CT molecular complexity index is 485. The Kier molecular flexibility index (Phi) is 5.28. The van der Waals surface area contributed by atoms with Crippen molar-refractivity contribution in [1.29, 1.82) is 0 Å². The highest BCUT2D eigenvalue weighted by Crippen LogP contribution is 2.20. The van der Waals surface area contributed by atoms with Gasteiger partial charge in [-0.15, -0.1) is 0 Å². The van der Waals surface area contributed by atoms with E-state index in [1.54, 1.807) is 26.0 Å². The quantitative estimate of drug-likeness (QED) is 0.801. The lowest BCUT2D eigenvalue weighted by Crippen LogP contribution is -2.33.